The summed E-state index contributed by atoms with van der Waals surface area (Å²) in [6, 6.07) is 50.2. The minimum atomic E-state index is -0.192. The van der Waals surface area contributed by atoms with E-state index in [1.54, 1.807) is 0 Å². The van der Waals surface area contributed by atoms with E-state index >= 15 is 0 Å². The maximum Gasteiger partial charge on any atom is 0.252 e. The zero-order chi connectivity index (χ0) is 46.0. The molecule has 0 aromatic heterocycles. The van der Waals surface area contributed by atoms with Crippen LogP contribution in [-0.2, 0) is 27.1 Å². The largest absolute Gasteiger partial charge is 0.311 e. The molecule has 0 radical (unpaired) electrons. The molecule has 0 bridgehead atoms. The Morgan fingerprint density at radius 2 is 0.924 bits per heavy atom. The smallest absolute Gasteiger partial charge is 0.252 e. The molecule has 0 saturated heterocycles. The third-order valence-corrected chi connectivity index (χ3v) is 17.5. The number of rotatable bonds is 3. The van der Waals surface area contributed by atoms with E-state index in [1.165, 1.54) is 143 Å². The Morgan fingerprint density at radius 3 is 1.58 bits per heavy atom. The van der Waals surface area contributed by atoms with Crippen molar-refractivity contribution in [3.05, 3.63) is 172 Å². The number of hydrogen-bond donors (Lipinski definition) is 0. The van der Waals surface area contributed by atoms with Crippen LogP contribution in [0.25, 0.3) is 22.3 Å². The summed E-state index contributed by atoms with van der Waals surface area (Å²) in [5, 5.41) is 0. The van der Waals surface area contributed by atoms with Gasteiger partial charge in [0.25, 0.3) is 6.71 Å². The number of nitrogens with zero attached hydrogens (tertiary/aromatic N) is 2. The molecular weight excluding hydrogens is 796 g/mol. The van der Waals surface area contributed by atoms with Gasteiger partial charge in [-0.15, -0.1) is 0 Å². The summed E-state index contributed by atoms with van der Waals surface area (Å²) in [5.74, 6) is 0. The van der Waals surface area contributed by atoms with Crippen molar-refractivity contribution in [1.82, 2.24) is 0 Å². The fourth-order valence-corrected chi connectivity index (χ4v) is 13.5. The van der Waals surface area contributed by atoms with Gasteiger partial charge in [0.1, 0.15) is 0 Å². The second-order valence-electron chi connectivity index (χ2n) is 24.0. The minimum Gasteiger partial charge on any atom is -0.311 e. The monoisotopic (exact) mass is 861 g/mol. The molecule has 0 unspecified atom stereocenters. The quantitative estimate of drug-likeness (QED) is 0.163. The van der Waals surface area contributed by atoms with Gasteiger partial charge in [0.15, 0.2) is 0 Å². The second kappa shape index (κ2) is 13.7. The first kappa shape index (κ1) is 41.6. The lowest BCUT2D eigenvalue weighted by molar-refractivity contribution is 0.332. The van der Waals surface area contributed by atoms with Crippen molar-refractivity contribution in [2.45, 2.75) is 136 Å². The minimum absolute atomic E-state index is 0.0261. The van der Waals surface area contributed by atoms with E-state index in [-0.39, 0.29) is 33.8 Å². The SMILES string of the molecule is Cc1cc2c3c(c1)N(c1cccc4c1C(C)(C)c1ccccc1-4)c1cc4c(cc1B3c1cc(-c3ccccc3)ccc1N2c1cc2c(cc1C)C(C)(C)CCC2(C)C)C(C)(C)CCC4(C)C. The van der Waals surface area contributed by atoms with Gasteiger partial charge in [0, 0.05) is 33.9 Å². The van der Waals surface area contributed by atoms with Crippen molar-refractivity contribution in [3.63, 3.8) is 0 Å². The van der Waals surface area contributed by atoms with Gasteiger partial charge in [-0.25, -0.2) is 0 Å². The van der Waals surface area contributed by atoms with Crippen molar-refractivity contribution in [3.8, 4) is 22.3 Å². The van der Waals surface area contributed by atoms with Crippen LogP contribution >= 0.6 is 0 Å². The number of fused-ring (bicyclic) bond motifs is 9. The topological polar surface area (TPSA) is 6.48 Å². The first-order valence-electron chi connectivity index (χ1n) is 24.8. The zero-order valence-corrected chi connectivity index (χ0v) is 41.4. The first-order chi connectivity index (χ1) is 31.3. The van der Waals surface area contributed by atoms with Crippen molar-refractivity contribution in [1.29, 1.82) is 0 Å². The fraction of sp³-hybridized carbons (Fsp3) is 0.333. The summed E-state index contributed by atoms with van der Waals surface area (Å²) < 4.78 is 0. The standard InChI is InChI=1S/C63H65BN2/c1-38-31-55-58-56(32-38)66(52-24-18-22-43-42-21-16-17-23-44(42)63(11,12)57(43)52)54-37-48-46(60(5,6)28-30-62(48,9)10)35-50(54)64(58)49-34-41(40-19-14-13-15-20-40)25-26-51(49)65(55)53-36-47-45(33-39(53)2)59(3,4)27-29-61(47,7)8/h13-26,31-37H,27-30H2,1-12H3. The van der Waals surface area contributed by atoms with Gasteiger partial charge in [-0.3, -0.25) is 0 Å². The van der Waals surface area contributed by atoms with Crippen LogP contribution in [0.3, 0.4) is 0 Å². The normalized spacial score (nSPS) is 19.2. The van der Waals surface area contributed by atoms with Gasteiger partial charge >= 0.3 is 0 Å². The maximum absolute atomic E-state index is 2.73. The highest BCUT2D eigenvalue weighted by Gasteiger charge is 2.49. The van der Waals surface area contributed by atoms with E-state index in [0.29, 0.717) is 0 Å². The van der Waals surface area contributed by atoms with Gasteiger partial charge in [-0.05, 0) is 181 Å². The number of benzene rings is 7. The Morgan fingerprint density at radius 1 is 0.394 bits per heavy atom. The Kier molecular flexibility index (Phi) is 8.61. The number of anilines is 6. The molecule has 5 aliphatic rings. The molecule has 2 aliphatic heterocycles. The zero-order valence-electron chi connectivity index (χ0n) is 41.4. The summed E-state index contributed by atoms with van der Waals surface area (Å²) in [4.78, 5) is 5.42. The molecule has 0 fully saturated rings. The van der Waals surface area contributed by atoms with Crippen molar-refractivity contribution >= 4 is 57.2 Å². The molecule has 0 spiro atoms. The molecule has 0 amide bonds. The van der Waals surface area contributed by atoms with Gasteiger partial charge in [-0.1, -0.05) is 160 Å². The molecule has 3 aliphatic carbocycles. The van der Waals surface area contributed by atoms with Crippen LogP contribution < -0.4 is 26.2 Å². The van der Waals surface area contributed by atoms with Crippen molar-refractivity contribution < 1.29 is 0 Å². The highest BCUT2D eigenvalue weighted by Crippen LogP contribution is 2.57. The molecule has 12 rings (SSSR count). The van der Waals surface area contributed by atoms with E-state index in [0.717, 1.165) is 0 Å². The summed E-state index contributed by atoms with van der Waals surface area (Å²) in [5.41, 5.74) is 28.8. The molecule has 2 heterocycles. The molecule has 2 nitrogen and oxygen atoms in total. The van der Waals surface area contributed by atoms with Crippen LogP contribution in [0.4, 0.5) is 34.1 Å². The van der Waals surface area contributed by atoms with Crippen LogP contribution in [0.15, 0.2) is 127 Å². The molecule has 0 N–H and O–H groups in total. The van der Waals surface area contributed by atoms with Crippen LogP contribution in [0.2, 0.25) is 0 Å². The molecule has 7 aromatic carbocycles. The van der Waals surface area contributed by atoms with E-state index in [2.05, 4.69) is 220 Å². The molecule has 7 aromatic rings. The Labute approximate surface area is 395 Å². The fourth-order valence-electron chi connectivity index (χ4n) is 13.5. The number of hydrogen-bond acceptors (Lipinski definition) is 2. The molecule has 0 saturated carbocycles. The van der Waals surface area contributed by atoms with Crippen LogP contribution in [0.5, 0.6) is 0 Å². The molecule has 330 valence electrons. The number of aryl methyl sites for hydroxylation is 2. The summed E-state index contributed by atoms with van der Waals surface area (Å²) in [6.45, 7) is 29.4. The van der Waals surface area contributed by atoms with Crippen molar-refractivity contribution in [2.75, 3.05) is 9.80 Å². The van der Waals surface area contributed by atoms with E-state index < -0.39 is 0 Å². The lowest BCUT2D eigenvalue weighted by atomic mass is 9.33. The van der Waals surface area contributed by atoms with E-state index in [9.17, 15) is 0 Å². The van der Waals surface area contributed by atoms with Gasteiger partial charge in [-0.2, -0.15) is 0 Å². The predicted octanol–water partition coefficient (Wildman–Crippen LogP) is 15.1. The third kappa shape index (κ3) is 5.74. The summed E-state index contributed by atoms with van der Waals surface area (Å²) >= 11 is 0. The highest BCUT2D eigenvalue weighted by molar-refractivity contribution is 7.00. The van der Waals surface area contributed by atoms with Crippen LogP contribution in [0.1, 0.15) is 139 Å². The van der Waals surface area contributed by atoms with Crippen LogP contribution in [0, 0.1) is 13.8 Å². The summed E-state index contributed by atoms with van der Waals surface area (Å²) in [7, 11) is 0. The average Bonchev–Trinajstić information content (AvgIpc) is 3.52. The predicted molar refractivity (Wildman–Crippen MR) is 284 cm³/mol. The Bertz CT molecular complexity index is 3220. The molecule has 66 heavy (non-hydrogen) atoms. The van der Waals surface area contributed by atoms with Gasteiger partial charge in [0.05, 0.1) is 5.69 Å². The van der Waals surface area contributed by atoms with Crippen LogP contribution in [-0.4, -0.2) is 6.71 Å². The first-order valence-corrected chi connectivity index (χ1v) is 24.8. The van der Waals surface area contributed by atoms with Gasteiger partial charge < -0.3 is 9.80 Å². The average molecular weight is 861 g/mol. The Balaban J connectivity index is 1.21. The Hall–Kier alpha value is -5.80. The van der Waals surface area contributed by atoms with Crippen molar-refractivity contribution in [2.24, 2.45) is 0 Å². The van der Waals surface area contributed by atoms with E-state index in [4.69, 9.17) is 0 Å². The molecule has 0 atom stereocenters. The van der Waals surface area contributed by atoms with Gasteiger partial charge in [0.2, 0.25) is 0 Å². The third-order valence-electron chi connectivity index (χ3n) is 17.5. The maximum atomic E-state index is 2.73. The second-order valence-corrected chi connectivity index (χ2v) is 24.0. The highest BCUT2D eigenvalue weighted by atomic mass is 15.2. The molecular formula is C63H65BN2. The molecule has 3 heteroatoms. The summed E-state index contributed by atoms with van der Waals surface area (Å²) in [6.07, 6.45) is 4.72. The van der Waals surface area contributed by atoms with E-state index in [1.807, 2.05) is 0 Å². The lowest BCUT2D eigenvalue weighted by Gasteiger charge is -2.48. The lowest BCUT2D eigenvalue weighted by Crippen LogP contribution is -2.62.